The average molecular weight is 241 g/mol. The predicted octanol–water partition coefficient (Wildman–Crippen LogP) is -0.621. The summed E-state index contributed by atoms with van der Waals surface area (Å²) in [6.07, 6.45) is 0. The van der Waals surface area contributed by atoms with E-state index in [0.717, 1.165) is 0 Å². The largest absolute Gasteiger partial charge is 5.00 e. The van der Waals surface area contributed by atoms with Crippen molar-refractivity contribution < 1.29 is 32.3 Å². The molecule has 0 aliphatic carbocycles. The standard InChI is InChI=1S/OSi.O.Ta/c1-2;;/q+2;-2;+5. The van der Waals surface area contributed by atoms with Gasteiger partial charge in [0.1, 0.15) is 0 Å². The minimum absolute atomic E-state index is 0. The molecule has 0 saturated carbocycles. The molecule has 0 bridgehead atoms. The van der Waals surface area contributed by atoms with Crippen LogP contribution in [0.2, 0.25) is 0 Å². The summed E-state index contributed by atoms with van der Waals surface area (Å²) in [7, 11) is 1.72. The minimum Gasteiger partial charge on any atom is -2.00 e. The van der Waals surface area contributed by atoms with E-state index in [-0.39, 0.29) is 27.9 Å². The fourth-order valence-corrected chi connectivity index (χ4v) is 0. The van der Waals surface area contributed by atoms with Gasteiger partial charge >= 0.3 is 37.0 Å². The summed E-state index contributed by atoms with van der Waals surface area (Å²) in [4.78, 5) is 0. The van der Waals surface area contributed by atoms with Crippen LogP contribution >= 0.6 is 0 Å². The molecule has 0 saturated heterocycles. The van der Waals surface area contributed by atoms with E-state index >= 15 is 0 Å². The van der Waals surface area contributed by atoms with Gasteiger partial charge in [-0.3, -0.25) is 0 Å². The Morgan fingerprint density at radius 2 is 1.25 bits per heavy atom. The molecule has 0 radical (unpaired) electrons. The Balaban J connectivity index is -0.00000000500. The summed E-state index contributed by atoms with van der Waals surface area (Å²) < 4.78 is 8.06. The number of hydrogen-bond donors (Lipinski definition) is 0. The molecule has 0 spiro atoms. The van der Waals surface area contributed by atoms with Gasteiger partial charge in [0.15, 0.2) is 0 Å². The zero-order valence-corrected chi connectivity index (χ0v) is 5.98. The summed E-state index contributed by atoms with van der Waals surface area (Å²) in [6, 6.07) is 0. The topological polar surface area (TPSA) is 45.6 Å². The molecule has 0 fully saturated rings. The maximum atomic E-state index is 8.06. The number of rotatable bonds is 0. The second kappa shape index (κ2) is 53.4. The third-order valence-corrected chi connectivity index (χ3v) is 0. The summed E-state index contributed by atoms with van der Waals surface area (Å²) in [5.74, 6) is 0. The minimum atomic E-state index is 0. The molecule has 0 unspecified atom stereocenters. The van der Waals surface area contributed by atoms with Crippen molar-refractivity contribution >= 4 is 10.1 Å². The second-order valence-corrected chi connectivity index (χ2v) is 0. The van der Waals surface area contributed by atoms with Gasteiger partial charge in [-0.15, -0.1) is 0 Å². The van der Waals surface area contributed by atoms with Crippen LogP contribution in [0.5, 0.6) is 0 Å². The molecule has 0 atom stereocenters. The molecule has 0 rings (SSSR count). The predicted molar refractivity (Wildman–Crippen MR) is 7.13 cm³/mol. The van der Waals surface area contributed by atoms with Crippen LogP contribution in [-0.2, 0) is 32.3 Å². The molecule has 0 aliphatic heterocycles. The molecule has 0 heterocycles. The molecular weight excluding hydrogens is 241 g/mol. The van der Waals surface area contributed by atoms with Crippen LogP contribution < -0.4 is 0 Å². The van der Waals surface area contributed by atoms with E-state index in [1.807, 2.05) is 0 Å². The second-order valence-electron chi connectivity index (χ2n) is 0. The Morgan fingerprint density at radius 1 is 1.25 bits per heavy atom. The third kappa shape index (κ3) is 15.6. The summed E-state index contributed by atoms with van der Waals surface area (Å²) in [6.45, 7) is 0. The molecule has 0 aromatic rings. The Kier molecular flexibility index (Phi) is 295. The van der Waals surface area contributed by atoms with Gasteiger partial charge in [-0.1, -0.05) is 0 Å². The Bertz CT molecular complexity index is 6.00. The van der Waals surface area contributed by atoms with Gasteiger partial charge in [0, 0.05) is 0 Å². The zero-order chi connectivity index (χ0) is 2.00. The van der Waals surface area contributed by atoms with Gasteiger partial charge in [0.05, 0.1) is 0 Å². The molecule has 4 heteroatoms. The Morgan fingerprint density at radius 3 is 1.25 bits per heavy atom. The van der Waals surface area contributed by atoms with Crippen molar-refractivity contribution in [2.75, 3.05) is 0 Å². The molecular formula is O2SiTa+5. The van der Waals surface area contributed by atoms with Crippen LogP contribution in [0.3, 0.4) is 0 Å². The normalized spacial score (nSPS) is 1.50. The van der Waals surface area contributed by atoms with Gasteiger partial charge in [-0.2, -0.15) is 0 Å². The maximum absolute atomic E-state index is 8.06. The van der Waals surface area contributed by atoms with Crippen molar-refractivity contribution in [1.29, 1.82) is 0 Å². The summed E-state index contributed by atoms with van der Waals surface area (Å²) in [5.41, 5.74) is 0. The van der Waals surface area contributed by atoms with E-state index < -0.39 is 0 Å². The molecule has 4 heavy (non-hydrogen) atoms. The molecule has 16 valence electrons. The SMILES string of the molecule is O=[Si+2].[O-2].[Ta+5]. The van der Waals surface area contributed by atoms with E-state index in [2.05, 4.69) is 0 Å². The van der Waals surface area contributed by atoms with Crippen molar-refractivity contribution in [3.05, 3.63) is 0 Å². The molecule has 0 N–H and O–H groups in total. The third-order valence-electron chi connectivity index (χ3n) is 0. The van der Waals surface area contributed by atoms with E-state index in [4.69, 9.17) is 4.46 Å². The van der Waals surface area contributed by atoms with Crippen LogP contribution in [0.25, 0.3) is 0 Å². The fraction of sp³-hybridized carbons (Fsp3) is 0. The van der Waals surface area contributed by atoms with Gasteiger partial charge in [0.2, 0.25) is 0 Å². The van der Waals surface area contributed by atoms with E-state index in [0.29, 0.717) is 0 Å². The Labute approximate surface area is 42.9 Å². The first-order valence-electron chi connectivity index (χ1n) is 0.204. The fourth-order valence-electron chi connectivity index (χ4n) is 0. The molecule has 0 aromatic carbocycles. The van der Waals surface area contributed by atoms with Crippen molar-refractivity contribution in [3.8, 4) is 0 Å². The monoisotopic (exact) mass is 241 g/mol. The zero-order valence-electron chi connectivity index (χ0n) is 1.76. The van der Waals surface area contributed by atoms with Crippen LogP contribution in [0.15, 0.2) is 0 Å². The average Bonchev–Trinajstić information content (AvgIpc) is 1.00. The first kappa shape index (κ1) is 22.1. The molecule has 0 aliphatic rings. The van der Waals surface area contributed by atoms with Crippen LogP contribution in [0.4, 0.5) is 0 Å². The van der Waals surface area contributed by atoms with Crippen molar-refractivity contribution in [3.63, 3.8) is 0 Å². The first-order valence-corrected chi connectivity index (χ1v) is 0.612. The van der Waals surface area contributed by atoms with E-state index in [1.165, 1.54) is 0 Å². The van der Waals surface area contributed by atoms with Gasteiger partial charge in [-0.25, -0.2) is 0 Å². The van der Waals surface area contributed by atoms with Crippen molar-refractivity contribution in [2.45, 2.75) is 0 Å². The van der Waals surface area contributed by atoms with Crippen molar-refractivity contribution in [2.24, 2.45) is 0 Å². The van der Waals surface area contributed by atoms with Gasteiger partial charge in [-0.05, 0) is 0 Å². The Hall–Kier alpha value is 0.717. The molecule has 0 amide bonds. The quantitative estimate of drug-likeness (QED) is 0.521. The van der Waals surface area contributed by atoms with Crippen LogP contribution in [0.1, 0.15) is 0 Å². The number of hydrogen-bond acceptors (Lipinski definition) is 1. The maximum Gasteiger partial charge on any atom is 5.00 e. The van der Waals surface area contributed by atoms with Crippen LogP contribution in [-0.4, -0.2) is 10.1 Å². The van der Waals surface area contributed by atoms with Crippen LogP contribution in [0, 0.1) is 0 Å². The van der Waals surface area contributed by atoms with Gasteiger partial charge in [0.25, 0.3) is 0 Å². The first-order chi connectivity index (χ1) is 1.00. The van der Waals surface area contributed by atoms with E-state index in [1.54, 1.807) is 10.1 Å². The molecule has 0 aromatic heterocycles. The van der Waals surface area contributed by atoms with E-state index in [9.17, 15) is 0 Å². The summed E-state index contributed by atoms with van der Waals surface area (Å²) in [5, 5.41) is 0. The molecule has 2 nitrogen and oxygen atoms in total. The smallest absolute Gasteiger partial charge is 2.00 e. The van der Waals surface area contributed by atoms with Gasteiger partial charge < -0.3 is 5.48 Å². The summed E-state index contributed by atoms with van der Waals surface area (Å²) >= 11 is 0. The van der Waals surface area contributed by atoms with Crippen molar-refractivity contribution in [1.82, 2.24) is 0 Å².